The first-order valence-corrected chi connectivity index (χ1v) is 10.9. The molecule has 0 spiro atoms. The molecule has 1 aliphatic rings. The number of carboxylic acids is 1. The molecule has 2 rings (SSSR count). The van der Waals surface area contributed by atoms with E-state index in [0.29, 0.717) is 0 Å². The van der Waals surface area contributed by atoms with E-state index in [2.05, 4.69) is 4.74 Å². The van der Waals surface area contributed by atoms with E-state index < -0.39 is 48.2 Å². The highest BCUT2D eigenvalue weighted by molar-refractivity contribution is 6.16. The Morgan fingerprint density at radius 3 is 2.29 bits per heavy atom. The normalized spacial score (nSPS) is 17.7. The van der Waals surface area contributed by atoms with E-state index in [9.17, 15) is 29.1 Å². The number of rotatable bonds is 11. The molecule has 1 aliphatic heterocycles. The Bertz CT molecular complexity index is 938. The molecule has 0 aliphatic carbocycles. The van der Waals surface area contributed by atoms with E-state index in [1.165, 1.54) is 7.11 Å². The molecule has 0 aromatic heterocycles. The molecule has 1 saturated heterocycles. The van der Waals surface area contributed by atoms with Crippen LogP contribution in [-0.4, -0.2) is 109 Å². The van der Waals surface area contributed by atoms with Gasteiger partial charge < -0.3 is 30.3 Å². The largest absolute Gasteiger partial charge is 0.480 e. The van der Waals surface area contributed by atoms with Gasteiger partial charge in [0.25, 0.3) is 11.8 Å². The van der Waals surface area contributed by atoms with Gasteiger partial charge >= 0.3 is 11.9 Å². The minimum atomic E-state index is -2.10. The maximum absolute atomic E-state index is 13.5. The van der Waals surface area contributed by atoms with Crippen LogP contribution < -0.4 is 5.73 Å². The van der Waals surface area contributed by atoms with Crippen LogP contribution in [0.1, 0.15) is 28.8 Å². The number of likely N-dealkylation sites (N-methyl/N-ethyl adjacent to an activating group) is 1. The standard InChI is InChI=1S/C23H32N4O7.ClH/c1-25(2)11-9-16-4-6-17(7-5-16)21(32)27-13-12-26(15-19(29)30)22(33)23(27,18(28)14-24)10-8-20(31)34-3;/h4-7H,8-15,24H2,1-3H3,(H,29,30);1H/t23-;/m0./s1. The van der Waals surface area contributed by atoms with E-state index in [4.69, 9.17) is 5.73 Å². The molecule has 0 unspecified atom stereocenters. The molecule has 1 aromatic rings. The number of piperazine rings is 1. The smallest absolute Gasteiger partial charge is 0.323 e. The van der Waals surface area contributed by atoms with Gasteiger partial charge in [-0.1, -0.05) is 12.1 Å². The van der Waals surface area contributed by atoms with Crippen LogP contribution in [0.3, 0.4) is 0 Å². The van der Waals surface area contributed by atoms with Crippen molar-refractivity contribution in [1.82, 2.24) is 14.7 Å². The number of esters is 1. The predicted molar refractivity (Wildman–Crippen MR) is 129 cm³/mol. The molecule has 1 atom stereocenters. The molecule has 12 heteroatoms. The average Bonchev–Trinajstić information content (AvgIpc) is 2.82. The van der Waals surface area contributed by atoms with Gasteiger partial charge in [0.15, 0.2) is 11.3 Å². The minimum Gasteiger partial charge on any atom is -0.480 e. The van der Waals surface area contributed by atoms with Gasteiger partial charge in [0, 0.05) is 31.6 Å². The molecular formula is C23H33ClN4O7. The van der Waals surface area contributed by atoms with Gasteiger partial charge in [-0.25, -0.2) is 0 Å². The lowest BCUT2D eigenvalue weighted by Crippen LogP contribution is -2.72. The summed E-state index contributed by atoms with van der Waals surface area (Å²) in [5.74, 6) is -4.15. The molecule has 1 heterocycles. The van der Waals surface area contributed by atoms with E-state index in [-0.39, 0.29) is 43.9 Å². The summed E-state index contributed by atoms with van der Waals surface area (Å²) in [7, 11) is 5.09. The fourth-order valence-electron chi connectivity index (χ4n) is 4.01. The molecule has 2 amide bonds. The quantitative estimate of drug-likeness (QED) is 0.303. The summed E-state index contributed by atoms with van der Waals surface area (Å²) in [6.45, 7) is -0.544. The summed E-state index contributed by atoms with van der Waals surface area (Å²) in [6.07, 6.45) is 0.0853. The lowest BCUT2D eigenvalue weighted by Gasteiger charge is -2.48. The first-order valence-electron chi connectivity index (χ1n) is 10.9. The van der Waals surface area contributed by atoms with Gasteiger partial charge in [-0.2, -0.15) is 0 Å². The monoisotopic (exact) mass is 512 g/mol. The maximum Gasteiger partial charge on any atom is 0.323 e. The van der Waals surface area contributed by atoms with E-state index in [1.54, 1.807) is 24.3 Å². The summed E-state index contributed by atoms with van der Waals surface area (Å²) in [5, 5.41) is 9.20. The Hall–Kier alpha value is -3.02. The Labute approximate surface area is 210 Å². The molecule has 1 fully saturated rings. The van der Waals surface area contributed by atoms with Gasteiger partial charge in [-0.15, -0.1) is 12.4 Å². The highest BCUT2D eigenvalue weighted by Gasteiger charge is 2.56. The Balaban J connectivity index is 0.00000612. The number of ketones is 1. The summed E-state index contributed by atoms with van der Waals surface area (Å²) >= 11 is 0. The zero-order chi connectivity index (χ0) is 25.5. The van der Waals surface area contributed by atoms with Crippen molar-refractivity contribution in [2.45, 2.75) is 24.8 Å². The number of hydrogen-bond donors (Lipinski definition) is 2. The molecule has 194 valence electrons. The van der Waals surface area contributed by atoms with Gasteiger partial charge in [-0.3, -0.25) is 24.0 Å². The van der Waals surface area contributed by atoms with Crippen LogP contribution in [0.25, 0.3) is 0 Å². The van der Waals surface area contributed by atoms with E-state index >= 15 is 0 Å². The van der Waals surface area contributed by atoms with Gasteiger partial charge in [0.1, 0.15) is 6.54 Å². The van der Waals surface area contributed by atoms with Crippen LogP contribution >= 0.6 is 12.4 Å². The van der Waals surface area contributed by atoms with E-state index in [1.807, 2.05) is 19.0 Å². The second-order valence-electron chi connectivity index (χ2n) is 8.39. The summed E-state index contributed by atoms with van der Waals surface area (Å²) < 4.78 is 4.65. The number of hydrogen-bond acceptors (Lipinski definition) is 8. The number of amides is 2. The highest BCUT2D eigenvalue weighted by atomic mass is 35.5. The van der Waals surface area contributed by atoms with Crippen molar-refractivity contribution in [2.24, 2.45) is 5.73 Å². The number of nitrogens with two attached hydrogens (primary N) is 1. The van der Waals surface area contributed by atoms with E-state index in [0.717, 1.165) is 28.3 Å². The molecule has 0 saturated carbocycles. The zero-order valence-corrected chi connectivity index (χ0v) is 21.0. The molecule has 0 bridgehead atoms. The van der Waals surface area contributed by atoms with Crippen molar-refractivity contribution in [1.29, 1.82) is 0 Å². The molecule has 0 radical (unpaired) electrons. The SMILES string of the molecule is COC(=O)CC[C@]1(C(=O)CN)C(=O)N(CC(=O)O)CCN1C(=O)c1ccc(CCN(C)C)cc1.Cl. The molecule has 3 N–H and O–H groups in total. The Morgan fingerprint density at radius 2 is 1.77 bits per heavy atom. The van der Waals surface area contributed by atoms with Crippen molar-refractivity contribution in [2.75, 3.05) is 53.9 Å². The number of benzene rings is 1. The zero-order valence-electron chi connectivity index (χ0n) is 20.2. The first-order chi connectivity index (χ1) is 16.1. The molecule has 35 heavy (non-hydrogen) atoms. The van der Waals surface area contributed by atoms with Crippen molar-refractivity contribution in [3.05, 3.63) is 35.4 Å². The third kappa shape index (κ3) is 7.00. The number of carbonyl (C=O) groups excluding carboxylic acids is 4. The van der Waals surface area contributed by atoms with Gasteiger partial charge in [0.2, 0.25) is 0 Å². The number of nitrogens with zero attached hydrogens (tertiary/aromatic N) is 3. The van der Waals surface area contributed by atoms with Crippen molar-refractivity contribution in [3.8, 4) is 0 Å². The lowest BCUT2D eigenvalue weighted by atomic mass is 9.82. The number of Topliss-reactive ketones (excluding diaryl/α,β-unsaturated/α-hetero) is 1. The van der Waals surface area contributed by atoms with Crippen LogP contribution in [0.4, 0.5) is 0 Å². The summed E-state index contributed by atoms with van der Waals surface area (Å²) in [4.78, 5) is 67.4. The molecule has 11 nitrogen and oxygen atoms in total. The Morgan fingerprint density at radius 1 is 1.14 bits per heavy atom. The van der Waals surface area contributed by atoms with Gasteiger partial charge in [0.05, 0.1) is 13.7 Å². The van der Waals surface area contributed by atoms with Gasteiger partial charge in [-0.05, 0) is 44.6 Å². The van der Waals surface area contributed by atoms with Crippen molar-refractivity contribution < 1.29 is 33.8 Å². The Kier molecular flexibility index (Phi) is 11.3. The number of carbonyl (C=O) groups is 5. The lowest BCUT2D eigenvalue weighted by molar-refractivity contribution is -0.161. The van der Waals surface area contributed by atoms with Crippen LogP contribution in [0.5, 0.6) is 0 Å². The average molecular weight is 513 g/mol. The number of aliphatic carboxylic acids is 1. The second-order valence-corrected chi connectivity index (χ2v) is 8.39. The fourth-order valence-corrected chi connectivity index (χ4v) is 4.01. The van der Waals surface area contributed by atoms with Crippen molar-refractivity contribution in [3.63, 3.8) is 0 Å². The summed E-state index contributed by atoms with van der Waals surface area (Å²) in [6, 6.07) is 6.86. The van der Waals surface area contributed by atoms with Crippen LogP contribution in [0.15, 0.2) is 24.3 Å². The molecular weight excluding hydrogens is 480 g/mol. The fraction of sp³-hybridized carbons (Fsp3) is 0.522. The first kappa shape index (κ1) is 30.0. The maximum atomic E-state index is 13.5. The van der Waals surface area contributed by atoms with Crippen LogP contribution in [0, 0.1) is 0 Å². The second kappa shape index (κ2) is 13.2. The predicted octanol–water partition coefficient (Wildman–Crippen LogP) is -0.199. The van der Waals surface area contributed by atoms with Crippen LogP contribution in [-0.2, 0) is 30.3 Å². The molecule has 1 aromatic carbocycles. The van der Waals surface area contributed by atoms with Crippen LogP contribution in [0.2, 0.25) is 0 Å². The minimum absolute atomic E-state index is 0. The highest BCUT2D eigenvalue weighted by Crippen LogP contribution is 2.31. The third-order valence-electron chi connectivity index (χ3n) is 5.88. The van der Waals surface area contributed by atoms with Crippen molar-refractivity contribution >= 4 is 41.9 Å². The number of ether oxygens (including phenoxy) is 1. The topological polar surface area (TPSA) is 151 Å². The number of methoxy groups -OCH3 is 1. The summed E-state index contributed by atoms with van der Waals surface area (Å²) in [5.41, 5.74) is 4.80. The number of halogens is 1. The number of carboxylic acid groups (broad SMARTS) is 1. The third-order valence-corrected chi connectivity index (χ3v) is 5.88.